The van der Waals surface area contributed by atoms with Crippen LogP contribution in [0.2, 0.25) is 0 Å². The van der Waals surface area contributed by atoms with Gasteiger partial charge in [0.05, 0.1) is 11.6 Å². The lowest BCUT2D eigenvalue weighted by atomic mass is 10.1. The van der Waals surface area contributed by atoms with Gasteiger partial charge in [0.25, 0.3) is 0 Å². The second kappa shape index (κ2) is 7.45. The number of halogens is 3. The van der Waals surface area contributed by atoms with Crippen LogP contribution in [0.5, 0.6) is 0 Å². The van der Waals surface area contributed by atoms with Crippen LogP contribution in [-0.4, -0.2) is 24.4 Å². The molecule has 0 amide bonds. The number of aryl methyl sites for hydroxylation is 1. The molecule has 0 aromatic heterocycles. The highest BCUT2D eigenvalue weighted by molar-refractivity contribution is 7.80. The number of rotatable bonds is 7. The monoisotopic (exact) mass is 291 g/mol. The number of hydrogen-bond acceptors (Lipinski definition) is 2. The van der Waals surface area contributed by atoms with E-state index in [1.54, 1.807) is 0 Å². The fourth-order valence-electron chi connectivity index (χ4n) is 1.56. The topological polar surface area (TPSA) is 35.2 Å². The molecule has 0 saturated heterocycles. The molecule has 1 unspecified atom stereocenters. The van der Waals surface area contributed by atoms with Crippen LogP contribution in [0, 0.1) is 5.92 Å². The summed E-state index contributed by atoms with van der Waals surface area (Å²) in [5, 5.41) is 0. The molecule has 106 valence electrons. The smallest absolute Gasteiger partial charge is 0.393 e. The fourth-order valence-corrected chi connectivity index (χ4v) is 1.76. The van der Waals surface area contributed by atoms with E-state index in [0.717, 1.165) is 12.0 Å². The van der Waals surface area contributed by atoms with E-state index in [9.17, 15) is 13.2 Å². The molecule has 0 heterocycles. The van der Waals surface area contributed by atoms with Crippen molar-refractivity contribution in [2.75, 3.05) is 13.2 Å². The highest BCUT2D eigenvalue weighted by Crippen LogP contribution is 2.26. The zero-order chi connectivity index (χ0) is 14.3. The summed E-state index contributed by atoms with van der Waals surface area (Å²) in [6.07, 6.45) is -3.01. The van der Waals surface area contributed by atoms with Crippen molar-refractivity contribution >= 4 is 17.2 Å². The molecule has 1 atom stereocenters. The van der Waals surface area contributed by atoms with Crippen LogP contribution in [0.1, 0.15) is 12.0 Å². The third-order valence-corrected chi connectivity index (χ3v) is 2.90. The Morgan fingerprint density at radius 3 is 2.42 bits per heavy atom. The standard InChI is InChI=1S/C13H16F3NOS/c14-13(15,16)11(12(17)19)9-18-8-4-7-10-5-2-1-3-6-10/h1-3,5-6,11H,4,7-9H2,(H2,17,19). The summed E-state index contributed by atoms with van der Waals surface area (Å²) in [4.78, 5) is -0.574. The van der Waals surface area contributed by atoms with Gasteiger partial charge in [0.2, 0.25) is 0 Å². The van der Waals surface area contributed by atoms with Gasteiger partial charge >= 0.3 is 6.18 Å². The Hall–Kier alpha value is -1.14. The number of nitrogens with two attached hydrogens (primary N) is 1. The minimum Gasteiger partial charge on any atom is -0.393 e. The largest absolute Gasteiger partial charge is 0.400 e. The van der Waals surface area contributed by atoms with E-state index in [-0.39, 0.29) is 6.61 Å². The number of thiocarbonyl (C=S) groups is 1. The van der Waals surface area contributed by atoms with Gasteiger partial charge in [0.1, 0.15) is 5.92 Å². The predicted molar refractivity (Wildman–Crippen MR) is 71.9 cm³/mol. The summed E-state index contributed by atoms with van der Waals surface area (Å²) in [6, 6.07) is 9.68. The van der Waals surface area contributed by atoms with Crippen LogP contribution in [0.25, 0.3) is 0 Å². The van der Waals surface area contributed by atoms with Gasteiger partial charge < -0.3 is 10.5 Å². The zero-order valence-electron chi connectivity index (χ0n) is 10.3. The average Bonchev–Trinajstić information content (AvgIpc) is 2.32. The van der Waals surface area contributed by atoms with E-state index < -0.39 is 23.7 Å². The van der Waals surface area contributed by atoms with Gasteiger partial charge in [-0.2, -0.15) is 13.2 Å². The number of hydrogen-bond donors (Lipinski definition) is 1. The van der Waals surface area contributed by atoms with E-state index in [1.807, 2.05) is 30.3 Å². The van der Waals surface area contributed by atoms with Crippen molar-refractivity contribution in [2.24, 2.45) is 11.7 Å². The lowest BCUT2D eigenvalue weighted by Crippen LogP contribution is -2.38. The molecule has 0 bridgehead atoms. The molecule has 2 nitrogen and oxygen atoms in total. The first-order valence-electron chi connectivity index (χ1n) is 5.89. The quantitative estimate of drug-likeness (QED) is 0.619. The summed E-state index contributed by atoms with van der Waals surface area (Å²) in [5.74, 6) is -1.86. The third kappa shape index (κ3) is 6.02. The second-order valence-electron chi connectivity index (χ2n) is 4.16. The van der Waals surface area contributed by atoms with Crippen molar-refractivity contribution in [1.29, 1.82) is 0 Å². The van der Waals surface area contributed by atoms with E-state index in [1.165, 1.54) is 0 Å². The van der Waals surface area contributed by atoms with Crippen molar-refractivity contribution in [3.63, 3.8) is 0 Å². The van der Waals surface area contributed by atoms with Gasteiger partial charge in [-0.15, -0.1) is 0 Å². The Morgan fingerprint density at radius 2 is 1.89 bits per heavy atom. The molecule has 1 rings (SSSR count). The summed E-state index contributed by atoms with van der Waals surface area (Å²) in [5.41, 5.74) is 6.19. The lowest BCUT2D eigenvalue weighted by Gasteiger charge is -2.18. The van der Waals surface area contributed by atoms with Gasteiger partial charge in [-0.3, -0.25) is 0 Å². The Balaban J connectivity index is 2.25. The first-order chi connectivity index (χ1) is 8.91. The maximum Gasteiger partial charge on any atom is 0.400 e. The summed E-state index contributed by atoms with van der Waals surface area (Å²) in [7, 11) is 0. The summed E-state index contributed by atoms with van der Waals surface area (Å²) in [6.45, 7) is -0.252. The molecule has 0 aliphatic heterocycles. The van der Waals surface area contributed by atoms with E-state index in [0.29, 0.717) is 6.42 Å². The molecule has 0 aliphatic rings. The lowest BCUT2D eigenvalue weighted by molar-refractivity contribution is -0.167. The van der Waals surface area contributed by atoms with Crippen LogP contribution >= 0.6 is 12.2 Å². The normalized spacial score (nSPS) is 13.2. The molecule has 2 N–H and O–H groups in total. The first-order valence-corrected chi connectivity index (χ1v) is 6.30. The van der Waals surface area contributed by atoms with Crippen LogP contribution in [0.3, 0.4) is 0 Å². The highest BCUT2D eigenvalue weighted by atomic mass is 32.1. The van der Waals surface area contributed by atoms with Gasteiger partial charge in [0.15, 0.2) is 0 Å². The molecule has 1 aromatic carbocycles. The number of benzene rings is 1. The van der Waals surface area contributed by atoms with Gasteiger partial charge in [0, 0.05) is 6.61 Å². The van der Waals surface area contributed by atoms with Crippen molar-refractivity contribution in [3.8, 4) is 0 Å². The zero-order valence-corrected chi connectivity index (χ0v) is 11.1. The molecule has 0 fully saturated rings. The molecule has 0 saturated carbocycles. The van der Waals surface area contributed by atoms with Crippen molar-refractivity contribution in [1.82, 2.24) is 0 Å². The average molecular weight is 291 g/mol. The molecule has 19 heavy (non-hydrogen) atoms. The fraction of sp³-hybridized carbons (Fsp3) is 0.462. The molecule has 0 aliphatic carbocycles. The van der Waals surface area contributed by atoms with Crippen molar-refractivity contribution < 1.29 is 17.9 Å². The number of alkyl halides is 3. The SMILES string of the molecule is NC(=S)C(COCCCc1ccccc1)C(F)(F)F. The van der Waals surface area contributed by atoms with E-state index in [2.05, 4.69) is 12.2 Å². The van der Waals surface area contributed by atoms with Gasteiger partial charge in [-0.05, 0) is 18.4 Å². The Kier molecular flexibility index (Phi) is 6.24. The van der Waals surface area contributed by atoms with Crippen LogP contribution in [0.4, 0.5) is 13.2 Å². The molecule has 0 radical (unpaired) electrons. The molecule has 6 heteroatoms. The maximum atomic E-state index is 12.5. The molecular weight excluding hydrogens is 275 g/mol. The summed E-state index contributed by atoms with van der Waals surface area (Å²) >= 11 is 4.40. The van der Waals surface area contributed by atoms with Crippen LogP contribution < -0.4 is 5.73 Å². The maximum absolute atomic E-state index is 12.5. The molecule has 0 spiro atoms. The Bertz CT molecular complexity index is 395. The van der Waals surface area contributed by atoms with Crippen LogP contribution in [0.15, 0.2) is 30.3 Å². The summed E-state index contributed by atoms with van der Waals surface area (Å²) < 4.78 is 42.5. The van der Waals surface area contributed by atoms with E-state index >= 15 is 0 Å². The number of ether oxygens (including phenoxy) is 1. The van der Waals surface area contributed by atoms with Gasteiger partial charge in [-0.25, -0.2) is 0 Å². The molecule has 1 aromatic rings. The van der Waals surface area contributed by atoms with Crippen LogP contribution in [-0.2, 0) is 11.2 Å². The predicted octanol–water partition coefficient (Wildman–Crippen LogP) is 3.10. The Labute approximate surface area is 115 Å². The third-order valence-electron chi connectivity index (χ3n) is 2.62. The Morgan fingerprint density at radius 1 is 1.26 bits per heavy atom. The second-order valence-corrected chi connectivity index (χ2v) is 4.63. The van der Waals surface area contributed by atoms with Crippen molar-refractivity contribution in [2.45, 2.75) is 19.0 Å². The first kappa shape index (κ1) is 15.9. The molecular formula is C13H16F3NOS. The minimum absolute atomic E-state index is 0.254. The highest BCUT2D eigenvalue weighted by Gasteiger charge is 2.41. The van der Waals surface area contributed by atoms with E-state index in [4.69, 9.17) is 10.5 Å². The van der Waals surface area contributed by atoms with Gasteiger partial charge in [-0.1, -0.05) is 42.5 Å². The van der Waals surface area contributed by atoms with Crippen molar-refractivity contribution in [3.05, 3.63) is 35.9 Å². The minimum atomic E-state index is -4.44.